The van der Waals surface area contributed by atoms with Crippen LogP contribution in [-0.4, -0.2) is 15.0 Å². The first-order valence-corrected chi connectivity index (χ1v) is 8.35. The Hall–Kier alpha value is -2.70. The number of nitrogen functional groups attached to an aromatic ring is 2. The fourth-order valence-corrected chi connectivity index (χ4v) is 3.67. The Kier molecular flexibility index (Phi) is 3.55. The molecule has 5 nitrogen and oxygen atoms in total. The fraction of sp³-hybridized carbons (Fsp3) is 0. The molecule has 0 saturated carbocycles. The molecule has 0 saturated heterocycles. The Balaban J connectivity index is 1.97. The molecule has 7 heteroatoms. The van der Waals surface area contributed by atoms with E-state index in [-0.39, 0.29) is 0 Å². The predicted octanol–water partition coefficient (Wildman–Crippen LogP) is 4.24. The van der Waals surface area contributed by atoms with Crippen molar-refractivity contribution in [3.63, 3.8) is 0 Å². The van der Waals surface area contributed by atoms with Gasteiger partial charge in [0, 0.05) is 11.1 Å². The summed E-state index contributed by atoms with van der Waals surface area (Å²) in [6.07, 6.45) is 1.54. The summed E-state index contributed by atoms with van der Waals surface area (Å²) < 4.78 is 0.910. The van der Waals surface area contributed by atoms with Crippen molar-refractivity contribution >= 4 is 44.1 Å². The highest BCUT2D eigenvalue weighted by atomic mass is 35.5. The molecule has 0 fully saturated rings. The molecule has 0 aliphatic carbocycles. The summed E-state index contributed by atoms with van der Waals surface area (Å²) in [5, 5.41) is 1.02. The number of aromatic nitrogens is 3. The van der Waals surface area contributed by atoms with Gasteiger partial charge in [0.1, 0.15) is 11.3 Å². The fourth-order valence-electron chi connectivity index (χ4n) is 2.55. The molecule has 4 aromatic rings. The van der Waals surface area contributed by atoms with Gasteiger partial charge in [-0.05, 0) is 12.1 Å². The van der Waals surface area contributed by atoms with Crippen molar-refractivity contribution in [3.05, 3.63) is 53.7 Å². The average molecular weight is 354 g/mol. The SMILES string of the molecule is Nc1cnc(-c2cc(Cl)c3nc(N)sc3c2)c(-c2ccccc2)n1. The van der Waals surface area contributed by atoms with Crippen molar-refractivity contribution in [2.45, 2.75) is 0 Å². The molecule has 0 spiro atoms. The number of thiazole rings is 1. The maximum atomic E-state index is 6.37. The first kappa shape index (κ1) is 14.9. The first-order chi connectivity index (χ1) is 11.6. The molecule has 0 amide bonds. The van der Waals surface area contributed by atoms with Gasteiger partial charge in [-0.25, -0.2) is 9.97 Å². The highest BCUT2D eigenvalue weighted by molar-refractivity contribution is 7.22. The third-order valence-corrected chi connectivity index (χ3v) is 4.70. The quantitative estimate of drug-likeness (QED) is 0.562. The number of benzene rings is 2. The van der Waals surface area contributed by atoms with E-state index in [1.54, 1.807) is 6.20 Å². The Labute approximate surface area is 147 Å². The summed E-state index contributed by atoms with van der Waals surface area (Å²) in [5.41, 5.74) is 15.5. The van der Waals surface area contributed by atoms with Crippen LogP contribution in [0.3, 0.4) is 0 Å². The third-order valence-electron chi connectivity index (χ3n) is 3.58. The molecule has 0 atom stereocenters. The lowest BCUT2D eigenvalue weighted by atomic mass is 10.0. The first-order valence-electron chi connectivity index (χ1n) is 7.15. The van der Waals surface area contributed by atoms with Crippen LogP contribution in [0, 0.1) is 0 Å². The molecular weight excluding hydrogens is 342 g/mol. The van der Waals surface area contributed by atoms with Crippen LogP contribution in [-0.2, 0) is 0 Å². The lowest BCUT2D eigenvalue weighted by Gasteiger charge is -2.09. The summed E-state index contributed by atoms with van der Waals surface area (Å²) >= 11 is 7.76. The molecule has 2 aromatic carbocycles. The van der Waals surface area contributed by atoms with Gasteiger partial charge in [0.25, 0.3) is 0 Å². The monoisotopic (exact) mass is 353 g/mol. The van der Waals surface area contributed by atoms with E-state index in [2.05, 4.69) is 15.0 Å². The number of fused-ring (bicyclic) bond motifs is 1. The zero-order chi connectivity index (χ0) is 16.7. The van der Waals surface area contributed by atoms with Crippen LogP contribution in [0.1, 0.15) is 0 Å². The van der Waals surface area contributed by atoms with Crippen LogP contribution in [0.25, 0.3) is 32.7 Å². The lowest BCUT2D eigenvalue weighted by Crippen LogP contribution is -1.98. The summed E-state index contributed by atoms with van der Waals surface area (Å²) in [4.78, 5) is 13.2. The minimum absolute atomic E-state index is 0.367. The van der Waals surface area contributed by atoms with Crippen LogP contribution in [0.15, 0.2) is 48.7 Å². The van der Waals surface area contributed by atoms with Gasteiger partial charge in [-0.15, -0.1) is 0 Å². The minimum atomic E-state index is 0.367. The molecular formula is C17H12ClN5S. The maximum Gasteiger partial charge on any atom is 0.181 e. The Morgan fingerprint density at radius 1 is 0.917 bits per heavy atom. The Bertz CT molecular complexity index is 1050. The number of nitrogens with zero attached hydrogens (tertiary/aromatic N) is 3. The maximum absolute atomic E-state index is 6.37. The number of hydrogen-bond donors (Lipinski definition) is 2. The van der Waals surface area contributed by atoms with E-state index < -0.39 is 0 Å². The van der Waals surface area contributed by atoms with Crippen molar-refractivity contribution in [1.29, 1.82) is 0 Å². The van der Waals surface area contributed by atoms with E-state index >= 15 is 0 Å². The molecule has 0 unspecified atom stereocenters. The molecule has 2 heterocycles. The van der Waals surface area contributed by atoms with Crippen LogP contribution < -0.4 is 11.5 Å². The second-order valence-corrected chi connectivity index (χ2v) is 6.68. The van der Waals surface area contributed by atoms with E-state index in [9.17, 15) is 0 Å². The van der Waals surface area contributed by atoms with E-state index in [0.29, 0.717) is 32.9 Å². The van der Waals surface area contributed by atoms with Gasteiger partial charge < -0.3 is 11.5 Å². The van der Waals surface area contributed by atoms with Gasteiger partial charge in [0.05, 0.1) is 27.3 Å². The summed E-state index contributed by atoms with van der Waals surface area (Å²) in [5.74, 6) is 0.367. The standard InChI is InChI=1S/C17H12ClN5S/c18-11-6-10(7-12-16(11)23-17(20)24-12)14-15(22-13(19)8-21-14)9-4-2-1-3-5-9/h1-8H,(H2,19,22)(H2,20,23). The van der Waals surface area contributed by atoms with E-state index in [4.69, 9.17) is 23.1 Å². The summed E-state index contributed by atoms with van der Waals surface area (Å²) in [7, 11) is 0. The number of halogens is 1. The third kappa shape index (κ3) is 2.55. The van der Waals surface area contributed by atoms with E-state index in [0.717, 1.165) is 15.8 Å². The highest BCUT2D eigenvalue weighted by Crippen LogP contribution is 2.36. The van der Waals surface area contributed by atoms with Gasteiger partial charge >= 0.3 is 0 Å². The van der Waals surface area contributed by atoms with Crippen molar-refractivity contribution in [3.8, 4) is 22.5 Å². The second-order valence-electron chi connectivity index (χ2n) is 5.22. The molecule has 4 rings (SSSR count). The van der Waals surface area contributed by atoms with Gasteiger partial charge in [-0.3, -0.25) is 4.98 Å². The molecule has 118 valence electrons. The van der Waals surface area contributed by atoms with Gasteiger partial charge in [0.15, 0.2) is 5.13 Å². The molecule has 4 N–H and O–H groups in total. The Morgan fingerprint density at radius 3 is 2.50 bits per heavy atom. The zero-order valence-corrected chi connectivity index (χ0v) is 14.0. The van der Waals surface area contributed by atoms with Gasteiger partial charge in [-0.1, -0.05) is 53.3 Å². The van der Waals surface area contributed by atoms with Crippen molar-refractivity contribution < 1.29 is 0 Å². The topological polar surface area (TPSA) is 90.7 Å². The van der Waals surface area contributed by atoms with Crippen molar-refractivity contribution in [2.24, 2.45) is 0 Å². The lowest BCUT2D eigenvalue weighted by molar-refractivity contribution is 1.22. The highest BCUT2D eigenvalue weighted by Gasteiger charge is 2.15. The van der Waals surface area contributed by atoms with E-state index in [1.165, 1.54) is 11.3 Å². The molecule has 0 radical (unpaired) electrons. The summed E-state index contributed by atoms with van der Waals surface area (Å²) in [6, 6.07) is 13.6. The van der Waals surface area contributed by atoms with Crippen molar-refractivity contribution in [1.82, 2.24) is 15.0 Å². The smallest absolute Gasteiger partial charge is 0.181 e. The largest absolute Gasteiger partial charge is 0.382 e. The molecule has 24 heavy (non-hydrogen) atoms. The predicted molar refractivity (Wildman–Crippen MR) is 99.9 cm³/mol. The normalized spacial score (nSPS) is 11.0. The number of hydrogen-bond acceptors (Lipinski definition) is 6. The van der Waals surface area contributed by atoms with Crippen LogP contribution >= 0.6 is 22.9 Å². The number of anilines is 2. The molecule has 2 aromatic heterocycles. The molecule has 0 bridgehead atoms. The van der Waals surface area contributed by atoms with Gasteiger partial charge in [0.2, 0.25) is 0 Å². The van der Waals surface area contributed by atoms with Crippen LogP contribution in [0.2, 0.25) is 5.02 Å². The summed E-state index contributed by atoms with van der Waals surface area (Å²) in [6.45, 7) is 0. The molecule has 0 aliphatic rings. The Morgan fingerprint density at radius 2 is 1.71 bits per heavy atom. The van der Waals surface area contributed by atoms with E-state index in [1.807, 2.05) is 42.5 Å². The number of rotatable bonds is 2. The van der Waals surface area contributed by atoms with Crippen LogP contribution in [0.4, 0.5) is 10.9 Å². The zero-order valence-electron chi connectivity index (χ0n) is 12.4. The molecule has 0 aliphatic heterocycles. The van der Waals surface area contributed by atoms with Crippen molar-refractivity contribution in [2.75, 3.05) is 11.5 Å². The van der Waals surface area contributed by atoms with Gasteiger partial charge in [-0.2, -0.15) is 0 Å². The minimum Gasteiger partial charge on any atom is -0.382 e. The second kappa shape index (κ2) is 5.74. The van der Waals surface area contributed by atoms with Crippen LogP contribution in [0.5, 0.6) is 0 Å². The average Bonchev–Trinajstić information content (AvgIpc) is 2.96. The number of nitrogens with two attached hydrogens (primary N) is 2.